The fraction of sp³-hybridized carbons (Fsp3) is 0.120. The maximum absolute atomic E-state index is 12.8. The fourth-order valence-corrected chi connectivity index (χ4v) is 3.48. The van der Waals surface area contributed by atoms with Crippen molar-refractivity contribution in [2.75, 3.05) is 13.7 Å². The lowest BCUT2D eigenvalue weighted by Gasteiger charge is -2.12. The zero-order valence-electron chi connectivity index (χ0n) is 16.6. The highest BCUT2D eigenvalue weighted by Crippen LogP contribution is 2.26. The molecule has 150 valence electrons. The first kappa shape index (κ1) is 19.5. The Morgan fingerprint density at radius 3 is 2.50 bits per heavy atom. The molecule has 0 fully saturated rings. The Morgan fingerprint density at radius 2 is 1.70 bits per heavy atom. The van der Waals surface area contributed by atoms with Crippen molar-refractivity contribution in [1.82, 2.24) is 10.3 Å². The van der Waals surface area contributed by atoms with Crippen LogP contribution in [0.15, 0.2) is 83.7 Å². The average Bonchev–Trinajstić information content (AvgIpc) is 2.79. The Bertz CT molecular complexity index is 1250. The van der Waals surface area contributed by atoms with E-state index in [0.29, 0.717) is 29.8 Å². The summed E-state index contributed by atoms with van der Waals surface area (Å²) >= 11 is 0. The maximum atomic E-state index is 12.8. The molecule has 5 nitrogen and oxygen atoms in total. The van der Waals surface area contributed by atoms with Gasteiger partial charge in [0.25, 0.3) is 11.5 Å². The first-order valence-corrected chi connectivity index (χ1v) is 9.78. The lowest BCUT2D eigenvalue weighted by atomic mass is 10.0. The van der Waals surface area contributed by atoms with Gasteiger partial charge in [0.1, 0.15) is 5.75 Å². The maximum Gasteiger partial charge on any atom is 0.255 e. The third-order valence-corrected chi connectivity index (χ3v) is 5.06. The van der Waals surface area contributed by atoms with Gasteiger partial charge in [0.2, 0.25) is 0 Å². The van der Waals surface area contributed by atoms with Gasteiger partial charge in [0.05, 0.1) is 12.7 Å². The standard InChI is InChI=1S/C25H22N2O3/c1-30-23-12-11-18(17-7-3-2-4-8-17)16-21(23)25(29)26-14-13-20-15-19-9-5-6-10-22(19)27-24(20)28/h2-12,15-16H,13-14H2,1H3,(H,26,29)(H,27,28). The van der Waals surface area contributed by atoms with Crippen LogP contribution < -0.4 is 15.6 Å². The van der Waals surface area contributed by atoms with Crippen LogP contribution in [0.2, 0.25) is 0 Å². The van der Waals surface area contributed by atoms with E-state index < -0.39 is 0 Å². The molecule has 0 radical (unpaired) electrons. The molecule has 0 aliphatic rings. The second-order valence-electron chi connectivity index (χ2n) is 7.00. The first-order valence-electron chi connectivity index (χ1n) is 9.78. The summed E-state index contributed by atoms with van der Waals surface area (Å²) in [6.07, 6.45) is 0.437. The molecule has 0 bridgehead atoms. The minimum Gasteiger partial charge on any atom is -0.496 e. The molecule has 3 aromatic carbocycles. The largest absolute Gasteiger partial charge is 0.496 e. The van der Waals surface area contributed by atoms with E-state index in [4.69, 9.17) is 4.74 Å². The van der Waals surface area contributed by atoms with Gasteiger partial charge in [-0.3, -0.25) is 9.59 Å². The van der Waals surface area contributed by atoms with Crippen LogP contribution in [0.4, 0.5) is 0 Å². The minimum absolute atomic E-state index is 0.133. The summed E-state index contributed by atoms with van der Waals surface area (Å²) in [5.41, 5.74) is 3.74. The molecule has 2 N–H and O–H groups in total. The van der Waals surface area contributed by atoms with Crippen molar-refractivity contribution in [1.29, 1.82) is 0 Å². The number of pyridine rings is 1. The van der Waals surface area contributed by atoms with E-state index in [1.807, 2.05) is 72.8 Å². The van der Waals surface area contributed by atoms with Crippen molar-refractivity contribution in [2.24, 2.45) is 0 Å². The molecule has 0 aliphatic heterocycles. The highest BCUT2D eigenvalue weighted by atomic mass is 16.5. The number of amides is 1. The Balaban J connectivity index is 1.50. The summed E-state index contributed by atoms with van der Waals surface area (Å²) in [4.78, 5) is 28.0. The third kappa shape index (κ3) is 4.10. The molecular weight excluding hydrogens is 376 g/mol. The number of para-hydroxylation sites is 1. The van der Waals surface area contributed by atoms with E-state index in [0.717, 1.165) is 22.0 Å². The van der Waals surface area contributed by atoms with E-state index in [-0.39, 0.29) is 11.5 Å². The fourth-order valence-electron chi connectivity index (χ4n) is 3.48. The lowest BCUT2D eigenvalue weighted by Crippen LogP contribution is -2.27. The number of hydrogen-bond acceptors (Lipinski definition) is 3. The van der Waals surface area contributed by atoms with Crippen LogP contribution in [0, 0.1) is 0 Å². The van der Waals surface area contributed by atoms with Gasteiger partial charge < -0.3 is 15.0 Å². The number of aromatic nitrogens is 1. The number of H-pyrrole nitrogens is 1. The number of carbonyl (C=O) groups excluding carboxylic acids is 1. The highest BCUT2D eigenvalue weighted by molar-refractivity contribution is 5.98. The molecule has 0 atom stereocenters. The van der Waals surface area contributed by atoms with Gasteiger partial charge in [0, 0.05) is 17.6 Å². The molecule has 0 saturated heterocycles. The van der Waals surface area contributed by atoms with Crippen LogP contribution in [0.1, 0.15) is 15.9 Å². The van der Waals surface area contributed by atoms with E-state index in [1.165, 1.54) is 0 Å². The van der Waals surface area contributed by atoms with Gasteiger partial charge in [-0.15, -0.1) is 0 Å². The zero-order valence-corrected chi connectivity index (χ0v) is 16.6. The van der Waals surface area contributed by atoms with Gasteiger partial charge >= 0.3 is 0 Å². The summed E-state index contributed by atoms with van der Waals surface area (Å²) in [7, 11) is 1.54. The molecule has 30 heavy (non-hydrogen) atoms. The number of methoxy groups -OCH3 is 1. The van der Waals surface area contributed by atoms with Crippen molar-refractivity contribution >= 4 is 16.8 Å². The first-order chi connectivity index (χ1) is 14.7. The summed E-state index contributed by atoms with van der Waals surface area (Å²) < 4.78 is 5.37. The number of carbonyl (C=O) groups is 1. The third-order valence-electron chi connectivity index (χ3n) is 5.06. The molecule has 4 rings (SSSR count). The molecule has 0 aliphatic carbocycles. The van der Waals surface area contributed by atoms with Crippen LogP contribution in [-0.2, 0) is 6.42 Å². The predicted molar refractivity (Wildman–Crippen MR) is 119 cm³/mol. The molecule has 0 saturated carbocycles. The van der Waals surface area contributed by atoms with E-state index >= 15 is 0 Å². The average molecular weight is 398 g/mol. The number of rotatable bonds is 6. The van der Waals surface area contributed by atoms with Crippen LogP contribution >= 0.6 is 0 Å². The highest BCUT2D eigenvalue weighted by Gasteiger charge is 2.14. The monoisotopic (exact) mass is 398 g/mol. The topological polar surface area (TPSA) is 71.2 Å². The second kappa shape index (κ2) is 8.66. The van der Waals surface area contributed by atoms with Gasteiger partial charge in [-0.1, -0.05) is 54.6 Å². The van der Waals surface area contributed by atoms with Crippen molar-refractivity contribution in [2.45, 2.75) is 6.42 Å². The minimum atomic E-state index is -0.234. The van der Waals surface area contributed by atoms with Crippen molar-refractivity contribution in [3.8, 4) is 16.9 Å². The summed E-state index contributed by atoms with van der Waals surface area (Å²) in [6, 6.07) is 24.9. The zero-order chi connectivity index (χ0) is 20.9. The summed E-state index contributed by atoms with van der Waals surface area (Å²) in [6.45, 7) is 0.346. The Labute approximate surface area is 174 Å². The second-order valence-corrected chi connectivity index (χ2v) is 7.00. The Kier molecular flexibility index (Phi) is 5.61. The molecular formula is C25H22N2O3. The van der Waals surface area contributed by atoms with Crippen LogP contribution in [0.5, 0.6) is 5.75 Å². The quantitative estimate of drug-likeness (QED) is 0.512. The van der Waals surface area contributed by atoms with Gasteiger partial charge in [-0.2, -0.15) is 0 Å². The molecule has 4 aromatic rings. The smallest absolute Gasteiger partial charge is 0.255 e. The van der Waals surface area contributed by atoms with E-state index in [1.54, 1.807) is 13.2 Å². The van der Waals surface area contributed by atoms with Crippen molar-refractivity contribution in [3.63, 3.8) is 0 Å². The number of nitrogens with one attached hydrogen (secondary N) is 2. The van der Waals surface area contributed by atoms with Gasteiger partial charge in [-0.25, -0.2) is 0 Å². The number of aromatic amines is 1. The number of ether oxygens (including phenoxy) is 1. The van der Waals surface area contributed by atoms with Crippen molar-refractivity contribution < 1.29 is 9.53 Å². The molecule has 5 heteroatoms. The van der Waals surface area contributed by atoms with Gasteiger partial charge in [0.15, 0.2) is 0 Å². The Morgan fingerprint density at radius 1 is 0.933 bits per heavy atom. The van der Waals surface area contributed by atoms with Crippen molar-refractivity contribution in [3.05, 3.63) is 100 Å². The SMILES string of the molecule is COc1ccc(-c2ccccc2)cc1C(=O)NCCc1cc2ccccc2[nH]c1=O. The molecule has 1 heterocycles. The molecule has 1 aromatic heterocycles. The van der Waals surface area contributed by atoms with Crippen LogP contribution in [0.25, 0.3) is 22.0 Å². The molecule has 0 spiro atoms. The van der Waals surface area contributed by atoms with Crippen LogP contribution in [0.3, 0.4) is 0 Å². The predicted octanol–water partition coefficient (Wildman–Crippen LogP) is 4.18. The summed E-state index contributed by atoms with van der Waals surface area (Å²) in [5.74, 6) is 0.276. The number of fused-ring (bicyclic) bond motifs is 1. The number of benzene rings is 3. The lowest BCUT2D eigenvalue weighted by molar-refractivity contribution is 0.0951. The van der Waals surface area contributed by atoms with Crippen LogP contribution in [-0.4, -0.2) is 24.5 Å². The molecule has 1 amide bonds. The normalized spacial score (nSPS) is 10.7. The van der Waals surface area contributed by atoms with Gasteiger partial charge in [-0.05, 0) is 47.2 Å². The van der Waals surface area contributed by atoms with E-state index in [9.17, 15) is 9.59 Å². The van der Waals surface area contributed by atoms with E-state index in [2.05, 4.69) is 10.3 Å². The molecule has 0 unspecified atom stereocenters. The Hall–Kier alpha value is -3.86. The number of hydrogen-bond donors (Lipinski definition) is 2. The summed E-state index contributed by atoms with van der Waals surface area (Å²) in [5, 5.41) is 3.87.